The van der Waals surface area contributed by atoms with E-state index >= 15 is 0 Å². The second-order valence-corrected chi connectivity index (χ2v) is 5.38. The highest BCUT2D eigenvalue weighted by atomic mass is 32.2. The monoisotopic (exact) mass is 202 g/mol. The lowest BCUT2D eigenvalue weighted by Gasteiger charge is -2.35. The van der Waals surface area contributed by atoms with E-state index in [0.717, 1.165) is 0 Å². The fourth-order valence-electron chi connectivity index (χ4n) is 1.69. The Labute approximate surface area is 86.0 Å². The third kappa shape index (κ3) is 4.34. The third-order valence-electron chi connectivity index (χ3n) is 2.59. The first-order valence-electron chi connectivity index (χ1n) is 5.31. The zero-order chi connectivity index (χ0) is 9.68. The minimum atomic E-state index is 0.467. The van der Waals surface area contributed by atoms with Crippen LogP contribution in [0.5, 0.6) is 0 Å². The SMILES string of the molecule is CCSCCC(C)NC1CC(N)C1. The Morgan fingerprint density at radius 1 is 1.54 bits per heavy atom. The Kier molecular flexibility index (Phi) is 5.14. The van der Waals surface area contributed by atoms with E-state index in [1.165, 1.54) is 30.8 Å². The van der Waals surface area contributed by atoms with Gasteiger partial charge in [0.1, 0.15) is 0 Å². The van der Waals surface area contributed by atoms with Gasteiger partial charge in [-0.1, -0.05) is 6.92 Å². The molecule has 0 aromatic heterocycles. The maximum absolute atomic E-state index is 5.72. The van der Waals surface area contributed by atoms with E-state index in [0.29, 0.717) is 18.1 Å². The predicted molar refractivity (Wildman–Crippen MR) is 61.2 cm³/mol. The smallest absolute Gasteiger partial charge is 0.00990 e. The summed E-state index contributed by atoms with van der Waals surface area (Å²) in [5.74, 6) is 2.52. The minimum absolute atomic E-state index is 0.467. The molecule has 0 amide bonds. The molecule has 0 aromatic rings. The topological polar surface area (TPSA) is 38.0 Å². The van der Waals surface area contributed by atoms with Crippen LogP contribution in [0, 0.1) is 0 Å². The summed E-state index contributed by atoms with van der Waals surface area (Å²) in [5, 5.41) is 3.61. The molecule has 0 radical (unpaired) electrons. The molecule has 1 unspecified atom stereocenters. The van der Waals surface area contributed by atoms with Gasteiger partial charge in [-0.2, -0.15) is 11.8 Å². The zero-order valence-electron chi connectivity index (χ0n) is 8.75. The summed E-state index contributed by atoms with van der Waals surface area (Å²) >= 11 is 2.02. The first-order valence-corrected chi connectivity index (χ1v) is 6.47. The molecule has 1 atom stereocenters. The summed E-state index contributed by atoms with van der Waals surface area (Å²) in [6.07, 6.45) is 3.63. The predicted octanol–water partition coefficient (Wildman–Crippen LogP) is 1.60. The summed E-state index contributed by atoms with van der Waals surface area (Å²) < 4.78 is 0. The Bertz CT molecular complexity index is 135. The van der Waals surface area contributed by atoms with E-state index in [-0.39, 0.29) is 0 Å². The number of nitrogens with one attached hydrogen (secondary N) is 1. The molecule has 0 aliphatic heterocycles. The van der Waals surface area contributed by atoms with Gasteiger partial charge >= 0.3 is 0 Å². The van der Waals surface area contributed by atoms with Crippen LogP contribution in [0.3, 0.4) is 0 Å². The van der Waals surface area contributed by atoms with E-state index in [9.17, 15) is 0 Å². The Morgan fingerprint density at radius 3 is 2.77 bits per heavy atom. The molecule has 0 heterocycles. The van der Waals surface area contributed by atoms with Crippen LogP contribution in [0.4, 0.5) is 0 Å². The molecule has 0 aromatic carbocycles. The fraction of sp³-hybridized carbons (Fsp3) is 1.00. The molecule has 1 rings (SSSR count). The van der Waals surface area contributed by atoms with Crippen molar-refractivity contribution in [1.29, 1.82) is 0 Å². The van der Waals surface area contributed by atoms with Crippen LogP contribution < -0.4 is 11.1 Å². The van der Waals surface area contributed by atoms with Crippen LogP contribution in [-0.4, -0.2) is 29.6 Å². The quantitative estimate of drug-likeness (QED) is 0.643. The number of rotatable bonds is 6. The summed E-state index contributed by atoms with van der Waals surface area (Å²) in [4.78, 5) is 0. The van der Waals surface area contributed by atoms with E-state index in [1.54, 1.807) is 0 Å². The molecule has 0 saturated heterocycles. The van der Waals surface area contributed by atoms with Crippen molar-refractivity contribution in [3.05, 3.63) is 0 Å². The Hall–Kier alpha value is 0.270. The van der Waals surface area contributed by atoms with Gasteiger partial charge in [-0.25, -0.2) is 0 Å². The normalized spacial score (nSPS) is 29.8. The van der Waals surface area contributed by atoms with E-state index in [2.05, 4.69) is 19.2 Å². The average Bonchev–Trinajstić information content (AvgIpc) is 2.02. The minimum Gasteiger partial charge on any atom is -0.328 e. The van der Waals surface area contributed by atoms with Crippen LogP contribution in [-0.2, 0) is 0 Å². The molecule has 0 spiro atoms. The molecule has 13 heavy (non-hydrogen) atoms. The summed E-state index contributed by atoms with van der Waals surface area (Å²) in [7, 11) is 0. The number of nitrogens with two attached hydrogens (primary N) is 1. The second kappa shape index (κ2) is 5.89. The van der Waals surface area contributed by atoms with Gasteiger partial charge in [0.05, 0.1) is 0 Å². The molecule has 1 aliphatic rings. The van der Waals surface area contributed by atoms with Crippen LogP contribution in [0.2, 0.25) is 0 Å². The first-order chi connectivity index (χ1) is 6.22. The van der Waals surface area contributed by atoms with Gasteiger partial charge in [-0.05, 0) is 37.7 Å². The molecule has 2 nitrogen and oxygen atoms in total. The van der Waals surface area contributed by atoms with Gasteiger partial charge in [0, 0.05) is 18.1 Å². The van der Waals surface area contributed by atoms with Crippen LogP contribution in [0.15, 0.2) is 0 Å². The fourth-order valence-corrected chi connectivity index (χ4v) is 2.50. The van der Waals surface area contributed by atoms with Gasteiger partial charge in [0.15, 0.2) is 0 Å². The largest absolute Gasteiger partial charge is 0.328 e. The molecule has 1 saturated carbocycles. The van der Waals surface area contributed by atoms with Crippen molar-refractivity contribution in [2.75, 3.05) is 11.5 Å². The van der Waals surface area contributed by atoms with Gasteiger partial charge in [-0.3, -0.25) is 0 Å². The van der Waals surface area contributed by atoms with Crippen LogP contribution >= 0.6 is 11.8 Å². The standard InChI is InChI=1S/C10H22N2S/c1-3-13-5-4-8(2)12-10-6-9(11)7-10/h8-10,12H,3-7,11H2,1-2H3. The maximum Gasteiger partial charge on any atom is 0.00990 e. The van der Waals surface area contributed by atoms with E-state index in [4.69, 9.17) is 5.73 Å². The molecule has 1 aliphatic carbocycles. The third-order valence-corrected chi connectivity index (χ3v) is 3.53. The molecule has 78 valence electrons. The lowest BCUT2D eigenvalue weighted by atomic mass is 9.87. The molecule has 3 N–H and O–H groups in total. The Balaban J connectivity index is 1.95. The van der Waals surface area contributed by atoms with Gasteiger partial charge in [-0.15, -0.1) is 0 Å². The average molecular weight is 202 g/mol. The van der Waals surface area contributed by atoms with E-state index < -0.39 is 0 Å². The zero-order valence-corrected chi connectivity index (χ0v) is 9.57. The van der Waals surface area contributed by atoms with Crippen LogP contribution in [0.25, 0.3) is 0 Å². The van der Waals surface area contributed by atoms with Crippen LogP contribution in [0.1, 0.15) is 33.1 Å². The van der Waals surface area contributed by atoms with Crippen molar-refractivity contribution in [1.82, 2.24) is 5.32 Å². The summed E-state index contributed by atoms with van der Waals surface area (Å²) in [6, 6.07) is 1.84. The van der Waals surface area contributed by atoms with Gasteiger partial charge in [0.2, 0.25) is 0 Å². The second-order valence-electron chi connectivity index (χ2n) is 3.98. The molecular weight excluding hydrogens is 180 g/mol. The Morgan fingerprint density at radius 2 is 2.23 bits per heavy atom. The highest BCUT2D eigenvalue weighted by Crippen LogP contribution is 2.18. The molecular formula is C10H22N2S. The van der Waals surface area contributed by atoms with Crippen molar-refractivity contribution in [2.24, 2.45) is 5.73 Å². The van der Waals surface area contributed by atoms with Crippen molar-refractivity contribution >= 4 is 11.8 Å². The highest BCUT2D eigenvalue weighted by molar-refractivity contribution is 7.99. The van der Waals surface area contributed by atoms with E-state index in [1.807, 2.05) is 11.8 Å². The number of thioether (sulfide) groups is 1. The first kappa shape index (κ1) is 11.3. The molecule has 1 fully saturated rings. The van der Waals surface area contributed by atoms with Crippen molar-refractivity contribution in [3.8, 4) is 0 Å². The lowest BCUT2D eigenvalue weighted by Crippen LogP contribution is -2.51. The van der Waals surface area contributed by atoms with Gasteiger partial charge in [0.25, 0.3) is 0 Å². The van der Waals surface area contributed by atoms with Crippen molar-refractivity contribution in [3.63, 3.8) is 0 Å². The number of hydrogen-bond acceptors (Lipinski definition) is 3. The lowest BCUT2D eigenvalue weighted by molar-refractivity contribution is 0.269. The molecule has 0 bridgehead atoms. The van der Waals surface area contributed by atoms with Crippen molar-refractivity contribution in [2.45, 2.75) is 51.2 Å². The number of hydrogen-bond donors (Lipinski definition) is 2. The summed E-state index contributed by atoms with van der Waals surface area (Å²) in [6.45, 7) is 4.49. The van der Waals surface area contributed by atoms with Gasteiger partial charge < -0.3 is 11.1 Å². The van der Waals surface area contributed by atoms with Crippen molar-refractivity contribution < 1.29 is 0 Å². The highest BCUT2D eigenvalue weighted by Gasteiger charge is 2.26. The summed E-state index contributed by atoms with van der Waals surface area (Å²) in [5.41, 5.74) is 5.72. The molecule has 3 heteroatoms. The maximum atomic E-state index is 5.72.